The Balaban J connectivity index is 1.79. The molecule has 180 valence electrons. The normalized spacial score (nSPS) is 11.0. The molecule has 0 atom stereocenters. The number of nitrogens with zero attached hydrogens (tertiary/aromatic N) is 1. The van der Waals surface area contributed by atoms with Crippen molar-refractivity contribution in [3.63, 3.8) is 0 Å². The van der Waals surface area contributed by atoms with Crippen molar-refractivity contribution in [1.82, 2.24) is 4.90 Å². The van der Waals surface area contributed by atoms with Crippen molar-refractivity contribution in [3.05, 3.63) is 57.6 Å². The number of hydrogen-bond donors (Lipinski definition) is 2. The summed E-state index contributed by atoms with van der Waals surface area (Å²) in [6.45, 7) is 8.96. The highest BCUT2D eigenvalue weighted by molar-refractivity contribution is 6.39. The number of nitrogens with one attached hydrogen (secondary N) is 1. The number of amides is 1. The molecule has 0 aliphatic heterocycles. The molecule has 2 rings (SSSR count). The summed E-state index contributed by atoms with van der Waals surface area (Å²) in [6.07, 6.45) is 2.66. The predicted octanol–water partition coefficient (Wildman–Crippen LogP) is 6.16. The molecular formula is C25H33Cl2N3O3. The molecule has 0 aromatic heterocycles. The van der Waals surface area contributed by atoms with Gasteiger partial charge in [-0.15, -0.1) is 0 Å². The van der Waals surface area contributed by atoms with Gasteiger partial charge in [0.15, 0.2) is 0 Å². The van der Waals surface area contributed by atoms with E-state index >= 15 is 0 Å². The van der Waals surface area contributed by atoms with Gasteiger partial charge in [0, 0.05) is 17.6 Å². The summed E-state index contributed by atoms with van der Waals surface area (Å²) in [4.78, 5) is 14.7. The van der Waals surface area contributed by atoms with Gasteiger partial charge < -0.3 is 20.1 Å². The molecule has 6 nitrogen and oxygen atoms in total. The third-order valence-corrected chi connectivity index (χ3v) is 5.66. The fourth-order valence-corrected chi connectivity index (χ4v) is 4.15. The van der Waals surface area contributed by atoms with E-state index in [1.165, 1.54) is 0 Å². The van der Waals surface area contributed by atoms with E-state index in [4.69, 9.17) is 43.8 Å². The minimum Gasteiger partial charge on any atom is -0.494 e. The highest BCUT2D eigenvalue weighted by atomic mass is 35.5. The second kappa shape index (κ2) is 12.7. The predicted molar refractivity (Wildman–Crippen MR) is 135 cm³/mol. The zero-order chi connectivity index (χ0) is 24.5. The average molecular weight is 494 g/mol. The van der Waals surface area contributed by atoms with Gasteiger partial charge in [0.1, 0.15) is 17.3 Å². The largest absolute Gasteiger partial charge is 0.494 e. The summed E-state index contributed by atoms with van der Waals surface area (Å²) >= 11 is 12.8. The molecule has 0 heterocycles. The van der Waals surface area contributed by atoms with E-state index in [2.05, 4.69) is 0 Å². The van der Waals surface area contributed by atoms with Crippen LogP contribution in [-0.2, 0) is 0 Å². The van der Waals surface area contributed by atoms with Crippen molar-refractivity contribution in [1.29, 1.82) is 5.41 Å². The number of amidine groups is 1. The lowest BCUT2D eigenvalue weighted by Gasteiger charge is -2.31. The zero-order valence-electron chi connectivity index (χ0n) is 19.7. The van der Waals surface area contributed by atoms with Crippen LogP contribution >= 0.6 is 23.2 Å². The molecule has 3 N–H and O–H groups in total. The van der Waals surface area contributed by atoms with Gasteiger partial charge in [-0.2, -0.15) is 0 Å². The topological polar surface area (TPSA) is 88.6 Å². The summed E-state index contributed by atoms with van der Waals surface area (Å²) in [5.74, 6) is 1.16. The quantitative estimate of drug-likeness (QED) is 0.210. The van der Waals surface area contributed by atoms with Crippen molar-refractivity contribution in [2.75, 3.05) is 13.2 Å². The first kappa shape index (κ1) is 26.8. The van der Waals surface area contributed by atoms with Crippen molar-refractivity contribution in [2.45, 2.75) is 59.0 Å². The van der Waals surface area contributed by atoms with E-state index in [0.717, 1.165) is 25.0 Å². The molecule has 0 bridgehead atoms. The molecule has 8 heteroatoms. The number of halogens is 2. The Morgan fingerprint density at radius 2 is 1.39 bits per heavy atom. The first-order chi connectivity index (χ1) is 15.6. The van der Waals surface area contributed by atoms with Gasteiger partial charge in [-0.25, -0.2) is 0 Å². The minimum absolute atomic E-state index is 0.0319. The summed E-state index contributed by atoms with van der Waals surface area (Å²) < 4.78 is 11.5. The van der Waals surface area contributed by atoms with E-state index in [1.54, 1.807) is 29.2 Å². The monoisotopic (exact) mass is 493 g/mol. The zero-order valence-corrected chi connectivity index (χ0v) is 21.2. The Bertz CT molecular complexity index is 915. The van der Waals surface area contributed by atoms with Crippen LogP contribution in [0.15, 0.2) is 36.4 Å². The highest BCUT2D eigenvalue weighted by Crippen LogP contribution is 2.32. The lowest BCUT2D eigenvalue weighted by molar-refractivity contribution is 0.0644. The van der Waals surface area contributed by atoms with E-state index in [1.807, 2.05) is 39.8 Å². The molecule has 0 fully saturated rings. The maximum absolute atomic E-state index is 13.0. The second-order valence-corrected chi connectivity index (χ2v) is 9.17. The van der Waals surface area contributed by atoms with Crippen LogP contribution in [-0.4, -0.2) is 41.9 Å². The first-order valence-electron chi connectivity index (χ1n) is 11.1. The summed E-state index contributed by atoms with van der Waals surface area (Å²) in [5, 5.41) is 7.97. The molecule has 0 aliphatic carbocycles. The van der Waals surface area contributed by atoms with Crippen LogP contribution in [0.3, 0.4) is 0 Å². The lowest BCUT2D eigenvalue weighted by Crippen LogP contribution is -2.42. The van der Waals surface area contributed by atoms with E-state index in [-0.39, 0.29) is 33.9 Å². The van der Waals surface area contributed by atoms with Crippen molar-refractivity contribution >= 4 is 34.9 Å². The Morgan fingerprint density at radius 1 is 0.909 bits per heavy atom. The van der Waals surface area contributed by atoms with Gasteiger partial charge in [-0.3, -0.25) is 10.2 Å². The van der Waals surface area contributed by atoms with Gasteiger partial charge in [-0.1, -0.05) is 23.2 Å². The number of carbonyl (C=O) groups is 1. The summed E-state index contributed by atoms with van der Waals surface area (Å²) in [7, 11) is 0. The Hall–Kier alpha value is -2.44. The van der Waals surface area contributed by atoms with Gasteiger partial charge in [0.2, 0.25) is 0 Å². The lowest BCUT2D eigenvalue weighted by atomic mass is 10.1. The maximum Gasteiger partial charge on any atom is 0.257 e. The molecule has 0 saturated carbocycles. The number of carbonyl (C=O) groups excluding carboxylic acids is 1. The Kier molecular flexibility index (Phi) is 10.3. The Labute approximate surface area is 206 Å². The minimum atomic E-state index is -0.183. The maximum atomic E-state index is 13.0. The number of nitrogens with two attached hydrogens (primary N) is 1. The van der Waals surface area contributed by atoms with E-state index < -0.39 is 0 Å². The Morgan fingerprint density at radius 3 is 1.85 bits per heavy atom. The van der Waals surface area contributed by atoms with Crippen molar-refractivity contribution in [2.24, 2.45) is 5.73 Å². The number of ether oxygens (including phenoxy) is 2. The van der Waals surface area contributed by atoms with Gasteiger partial charge >= 0.3 is 0 Å². The van der Waals surface area contributed by atoms with E-state index in [9.17, 15) is 4.79 Å². The summed E-state index contributed by atoms with van der Waals surface area (Å²) in [6, 6.07) is 10.5. The molecule has 0 aliphatic rings. The van der Waals surface area contributed by atoms with Gasteiger partial charge in [0.05, 0.1) is 28.8 Å². The van der Waals surface area contributed by atoms with Crippen LogP contribution in [0.2, 0.25) is 10.0 Å². The molecule has 0 saturated heterocycles. The number of nitrogen functional groups attached to an aromatic ring is 1. The molecule has 0 unspecified atom stereocenters. The fraction of sp³-hybridized carbons (Fsp3) is 0.440. The van der Waals surface area contributed by atoms with Crippen molar-refractivity contribution in [3.8, 4) is 11.5 Å². The first-order valence-corrected chi connectivity index (χ1v) is 11.9. The van der Waals surface area contributed by atoms with Crippen LogP contribution < -0.4 is 15.2 Å². The average Bonchev–Trinajstić information content (AvgIpc) is 2.72. The number of benzene rings is 2. The van der Waals surface area contributed by atoms with E-state index in [0.29, 0.717) is 30.1 Å². The van der Waals surface area contributed by atoms with Gasteiger partial charge in [0.25, 0.3) is 5.91 Å². The molecular weight excluding hydrogens is 461 g/mol. The molecule has 0 spiro atoms. The van der Waals surface area contributed by atoms with Crippen LogP contribution in [0.4, 0.5) is 0 Å². The number of unbranched alkanes of at least 4 members (excludes halogenated alkanes) is 2. The highest BCUT2D eigenvalue weighted by Gasteiger charge is 2.26. The second-order valence-electron chi connectivity index (χ2n) is 8.36. The fourth-order valence-electron chi connectivity index (χ4n) is 3.52. The van der Waals surface area contributed by atoms with Crippen LogP contribution in [0.1, 0.15) is 62.9 Å². The number of hydrogen-bond acceptors (Lipinski definition) is 4. The standard InChI is InChI=1S/C25H33Cl2N3O3/c1-16(2)30(17(3)4)25(31)23-21(26)14-20(15-22(23)27)33-13-7-5-6-12-32-19-10-8-18(9-11-19)24(28)29/h8-11,14-17H,5-7,12-13H2,1-4H3,(H3,28,29). The molecule has 2 aromatic rings. The smallest absolute Gasteiger partial charge is 0.257 e. The molecule has 2 aromatic carbocycles. The number of rotatable bonds is 12. The third kappa shape index (κ3) is 7.83. The van der Waals surface area contributed by atoms with Crippen molar-refractivity contribution < 1.29 is 14.3 Å². The van der Waals surface area contributed by atoms with Gasteiger partial charge in [-0.05, 0) is 83.4 Å². The third-order valence-electron chi connectivity index (χ3n) is 5.07. The van der Waals surface area contributed by atoms with Crippen LogP contribution in [0.25, 0.3) is 0 Å². The molecule has 1 amide bonds. The molecule has 33 heavy (non-hydrogen) atoms. The SMILES string of the molecule is CC(C)N(C(=O)c1c(Cl)cc(OCCCCCOc2ccc(C(=N)N)cc2)cc1Cl)C(C)C. The summed E-state index contributed by atoms with van der Waals surface area (Å²) in [5.41, 5.74) is 6.43. The molecule has 0 radical (unpaired) electrons. The van der Waals surface area contributed by atoms with Crippen LogP contribution in [0.5, 0.6) is 11.5 Å². The van der Waals surface area contributed by atoms with Crippen LogP contribution in [0, 0.1) is 5.41 Å².